The molecule has 3 heterocycles. The van der Waals surface area contributed by atoms with E-state index >= 15 is 0 Å². The molecule has 3 N–H and O–H groups in total. The van der Waals surface area contributed by atoms with Crippen LogP contribution in [0.4, 0.5) is 8.78 Å². The minimum atomic E-state index is -3.87. The van der Waals surface area contributed by atoms with Crippen molar-refractivity contribution in [3.05, 3.63) is 156 Å². The van der Waals surface area contributed by atoms with Gasteiger partial charge in [0.1, 0.15) is 17.2 Å². The molecule has 0 bridgehead atoms. The number of rotatable bonds is 25. The van der Waals surface area contributed by atoms with Crippen LogP contribution in [-0.2, 0) is 30.1 Å². The normalized spacial score (nSPS) is 22.2. The molecule has 0 unspecified atom stereocenters. The van der Waals surface area contributed by atoms with Crippen molar-refractivity contribution in [3.63, 3.8) is 0 Å². The predicted molar refractivity (Wildman–Crippen MR) is 412 cm³/mol. The van der Waals surface area contributed by atoms with Crippen molar-refractivity contribution in [1.29, 1.82) is 0 Å². The minimum absolute atomic E-state index is 0.0445. The van der Waals surface area contributed by atoms with Crippen molar-refractivity contribution in [3.8, 4) is 40.2 Å². The van der Waals surface area contributed by atoms with Crippen molar-refractivity contribution in [2.45, 2.75) is 244 Å². The molecule has 106 heavy (non-hydrogen) atoms. The van der Waals surface area contributed by atoms with Gasteiger partial charge in [-0.05, 0) is 291 Å². The van der Waals surface area contributed by atoms with E-state index in [2.05, 4.69) is 111 Å². The van der Waals surface area contributed by atoms with E-state index in [1.165, 1.54) is 57.3 Å². The van der Waals surface area contributed by atoms with Gasteiger partial charge in [0, 0.05) is 48.4 Å². The number of halogens is 2. The van der Waals surface area contributed by atoms with E-state index in [0.717, 1.165) is 190 Å². The first-order chi connectivity index (χ1) is 50.8. The molecular weight excluding hydrogens is 1410 g/mol. The lowest BCUT2D eigenvalue weighted by atomic mass is 9.85. The van der Waals surface area contributed by atoms with Gasteiger partial charge in [-0.1, -0.05) is 54.6 Å². The fourth-order valence-corrected chi connectivity index (χ4v) is 20.4. The fourth-order valence-electron chi connectivity index (χ4n) is 16.4. The molecule has 3 saturated heterocycles. The number of ether oxygens (including phenoxy) is 7. The second kappa shape index (κ2) is 38.2. The van der Waals surface area contributed by atoms with E-state index in [4.69, 9.17) is 33.2 Å². The Kier molecular flexibility index (Phi) is 29.5. The first-order valence-electron chi connectivity index (χ1n) is 38.3. The quantitative estimate of drug-likeness (QED) is 0.0486. The van der Waals surface area contributed by atoms with E-state index in [1.54, 1.807) is 24.3 Å². The van der Waals surface area contributed by atoms with Crippen molar-refractivity contribution < 1.29 is 67.2 Å². The second-order valence-electron chi connectivity index (χ2n) is 30.0. The van der Waals surface area contributed by atoms with E-state index in [1.807, 2.05) is 32.0 Å². The number of piperidine rings is 3. The molecule has 3 saturated carbocycles. The Morgan fingerprint density at radius 1 is 0.321 bits per heavy atom. The van der Waals surface area contributed by atoms with Gasteiger partial charge in [0.25, 0.3) is 0 Å². The summed E-state index contributed by atoms with van der Waals surface area (Å²) in [5.74, 6) is 4.20. The van der Waals surface area contributed by atoms with Gasteiger partial charge in [0.2, 0.25) is 30.1 Å². The lowest BCUT2D eigenvalue weighted by Gasteiger charge is -2.41. The van der Waals surface area contributed by atoms with Crippen molar-refractivity contribution in [2.75, 3.05) is 67.7 Å². The molecule has 6 fully saturated rings. The average molecular weight is 1530 g/mol. The summed E-state index contributed by atoms with van der Waals surface area (Å²) >= 11 is 0. The zero-order valence-electron chi connectivity index (χ0n) is 63.7. The van der Waals surface area contributed by atoms with Gasteiger partial charge >= 0.3 is 0 Å². The summed E-state index contributed by atoms with van der Waals surface area (Å²) in [6, 6.07) is 38.6. The van der Waals surface area contributed by atoms with Gasteiger partial charge in [0.05, 0.1) is 61.4 Å². The molecule has 0 amide bonds. The molecular formula is C82H114F2N6O13S3. The number of nitrogens with zero attached hydrogens (tertiary/aromatic N) is 3. The Morgan fingerprint density at radius 2 is 0.585 bits per heavy atom. The number of methoxy groups -OCH3 is 4. The third-order valence-electron chi connectivity index (χ3n) is 21.9. The molecule has 24 heteroatoms. The third-order valence-corrected chi connectivity index (χ3v) is 26.4. The second-order valence-corrected chi connectivity index (χ2v) is 35.2. The van der Waals surface area contributed by atoms with Gasteiger partial charge in [0.15, 0.2) is 34.6 Å². The Balaban J connectivity index is 0.000000170. The van der Waals surface area contributed by atoms with E-state index in [-0.39, 0.29) is 51.1 Å². The number of para-hydroxylation sites is 3. The lowest BCUT2D eigenvalue weighted by Crippen LogP contribution is -2.46. The smallest absolute Gasteiger partial charge is 0.240 e. The summed E-state index contributed by atoms with van der Waals surface area (Å²) in [6.45, 7) is 18.7. The molecule has 0 spiro atoms. The Hall–Kier alpha value is -6.61. The first-order valence-corrected chi connectivity index (χ1v) is 42.7. The molecule has 6 aliphatic rings. The topological polar surface area (TPSA) is 213 Å². The number of benzene rings is 6. The van der Waals surface area contributed by atoms with Crippen LogP contribution < -0.4 is 47.3 Å². The minimum Gasteiger partial charge on any atom is -0.493 e. The highest BCUT2D eigenvalue weighted by Crippen LogP contribution is 2.42. The average Bonchev–Trinajstić information content (AvgIpc) is 0.815. The molecule has 3 aliphatic heterocycles. The summed E-state index contributed by atoms with van der Waals surface area (Å²) in [7, 11) is -5.04. The zero-order valence-corrected chi connectivity index (χ0v) is 66.1. The molecule has 0 atom stereocenters. The van der Waals surface area contributed by atoms with Crippen LogP contribution >= 0.6 is 0 Å². The number of likely N-dealkylation sites (tertiary alicyclic amines) is 3. The lowest BCUT2D eigenvalue weighted by molar-refractivity contribution is 0.115. The molecule has 12 rings (SSSR count). The van der Waals surface area contributed by atoms with Crippen LogP contribution in [0.2, 0.25) is 0 Å². The van der Waals surface area contributed by atoms with Gasteiger partial charge in [-0.3, -0.25) is 0 Å². The maximum atomic E-state index is 13.5. The van der Waals surface area contributed by atoms with Crippen molar-refractivity contribution >= 4 is 30.1 Å². The highest BCUT2D eigenvalue weighted by molar-refractivity contribution is 7.90. The molecule has 6 aromatic carbocycles. The molecule has 582 valence electrons. The maximum Gasteiger partial charge on any atom is 0.240 e. The molecule has 0 radical (unpaired) electrons. The van der Waals surface area contributed by atoms with Gasteiger partial charge in [-0.25, -0.2) is 48.2 Å². The van der Waals surface area contributed by atoms with E-state index in [0.29, 0.717) is 58.9 Å². The number of sulfonamides is 3. The largest absolute Gasteiger partial charge is 0.493 e. The van der Waals surface area contributed by atoms with Gasteiger partial charge in [-0.15, -0.1) is 0 Å². The Morgan fingerprint density at radius 3 is 0.849 bits per heavy atom. The Bertz CT molecular complexity index is 3950. The van der Waals surface area contributed by atoms with Crippen molar-refractivity contribution in [1.82, 2.24) is 28.9 Å². The summed E-state index contributed by atoms with van der Waals surface area (Å²) in [4.78, 5) is 7.93. The molecule has 6 aromatic rings. The van der Waals surface area contributed by atoms with Gasteiger partial charge < -0.3 is 47.9 Å². The Labute approximate surface area is 630 Å². The first kappa shape index (κ1) is 81.9. The van der Waals surface area contributed by atoms with Crippen LogP contribution in [0.5, 0.6) is 40.2 Å². The fraction of sp³-hybridized carbons (Fsp3) is 0.561. The number of nitrogens with one attached hydrogen (secondary N) is 3. The van der Waals surface area contributed by atoms with E-state index in [9.17, 15) is 34.0 Å². The third kappa shape index (κ3) is 22.1. The standard InChI is InChI=1S/2C28H40N2O5S.C26H34F2N2O3S/c2*1-20(2)35-26-8-6-5-7-25(26)21-15-17-30(18-16-21)23-11-9-22(10-12-23)29-36(31,32)24-13-14-27(33-3)28(19-24)34-4;1-18(2)33-26-6-4-3-5-23(26)19-13-15-30(16-14-19)21-9-7-20(8-10-21)29-34(31,32)22-11-12-24(27)25(28)17-22/h2*5-8,13-14,19-23,29H,9-12,15-18H2,1-4H3;3-6,11-12,17-21,29H,7-10,13-16H2,1-2H3. The molecule has 19 nitrogen and oxygen atoms in total. The molecule has 3 aliphatic carbocycles. The van der Waals surface area contributed by atoms with Crippen LogP contribution in [0.15, 0.2) is 142 Å². The summed E-state index contributed by atoms with van der Waals surface area (Å²) in [6.07, 6.45) is 17.9. The summed E-state index contributed by atoms with van der Waals surface area (Å²) in [5.41, 5.74) is 3.96. The number of hydrogen-bond acceptors (Lipinski definition) is 16. The highest BCUT2D eigenvalue weighted by Gasteiger charge is 2.37. The zero-order chi connectivity index (χ0) is 75.7. The van der Waals surface area contributed by atoms with Crippen molar-refractivity contribution in [2.24, 2.45) is 0 Å². The van der Waals surface area contributed by atoms with Gasteiger partial charge in [-0.2, -0.15) is 0 Å². The highest BCUT2D eigenvalue weighted by atomic mass is 32.2. The molecule has 0 aromatic heterocycles. The summed E-state index contributed by atoms with van der Waals surface area (Å²) in [5, 5.41) is 0. The predicted octanol–water partition coefficient (Wildman–Crippen LogP) is 15.1. The van der Waals surface area contributed by atoms with Crippen LogP contribution in [0, 0.1) is 11.6 Å². The van der Waals surface area contributed by atoms with Crippen LogP contribution in [0.3, 0.4) is 0 Å². The number of hydrogen-bond donors (Lipinski definition) is 3. The monoisotopic (exact) mass is 1520 g/mol. The SMILES string of the molecule is CC(C)Oc1ccccc1C1CCN(C2CCC(NS(=O)(=O)c3ccc(F)c(F)c3)CC2)CC1.COc1ccc(S(=O)(=O)NC2CCC(N3CCC(c4ccccc4OC(C)C)CC3)CC2)cc1OC.COc1ccc(S(=O)(=O)NC2CCC(N3CCC(c4ccccc4OC(C)C)CC3)CC2)cc1OC. The van der Waals surface area contributed by atoms with Crippen LogP contribution in [0.1, 0.15) is 192 Å². The van der Waals surface area contributed by atoms with Crippen LogP contribution in [-0.4, -0.2) is 162 Å². The van der Waals surface area contributed by atoms with E-state index < -0.39 is 41.7 Å². The maximum absolute atomic E-state index is 13.5. The summed E-state index contributed by atoms with van der Waals surface area (Å²) < 4.78 is 151. The van der Waals surface area contributed by atoms with Crippen LogP contribution in [0.25, 0.3) is 0 Å².